The van der Waals surface area contributed by atoms with Crippen molar-refractivity contribution in [2.45, 2.75) is 168 Å². The summed E-state index contributed by atoms with van der Waals surface area (Å²) in [5.41, 5.74) is 7.26. The van der Waals surface area contributed by atoms with Crippen molar-refractivity contribution in [2.75, 3.05) is 0 Å². The number of aryl methyl sites for hydroxylation is 1. The Morgan fingerprint density at radius 2 is 1.11 bits per heavy atom. The first-order valence-corrected chi connectivity index (χ1v) is 15.8. The van der Waals surface area contributed by atoms with Crippen molar-refractivity contribution in [2.24, 2.45) is 5.73 Å². The summed E-state index contributed by atoms with van der Waals surface area (Å²) in [5, 5.41) is 9.58. The number of unbranched alkanes of at least 4 members (excludes halogenated alkanes) is 17. The average molecular weight is 502 g/mol. The van der Waals surface area contributed by atoms with Gasteiger partial charge in [-0.1, -0.05) is 147 Å². The first kappa shape index (κ1) is 34.7. The predicted octanol–water partition coefficient (Wildman–Crippen LogP) is 11.1. The summed E-state index contributed by atoms with van der Waals surface area (Å²) in [6, 6.07) is 8.12. The molecule has 2 nitrogen and oxygen atoms in total. The highest BCUT2D eigenvalue weighted by Crippen LogP contribution is 2.19. The van der Waals surface area contributed by atoms with E-state index in [0.717, 1.165) is 18.4 Å². The van der Waals surface area contributed by atoms with Gasteiger partial charge in [0.1, 0.15) is 5.75 Å². The van der Waals surface area contributed by atoms with E-state index in [9.17, 15) is 5.11 Å². The third-order valence-electron chi connectivity index (χ3n) is 7.20. The normalized spacial score (nSPS) is 11.6. The fourth-order valence-electron chi connectivity index (χ4n) is 4.73. The van der Waals surface area contributed by atoms with E-state index in [0.29, 0.717) is 11.8 Å². The number of para-hydroxylation sites is 1. The second-order valence-corrected chi connectivity index (χ2v) is 10.8. The van der Waals surface area contributed by atoms with Gasteiger partial charge < -0.3 is 10.8 Å². The van der Waals surface area contributed by atoms with Gasteiger partial charge in [-0.25, -0.2) is 0 Å². The molecule has 1 aromatic carbocycles. The summed E-state index contributed by atoms with van der Waals surface area (Å²) < 4.78 is 0. The number of phenolic OH excluding ortho intramolecular Hbond substituents is 1. The molecule has 0 aromatic heterocycles. The van der Waals surface area contributed by atoms with E-state index in [1.54, 1.807) is 6.07 Å². The van der Waals surface area contributed by atoms with Crippen LogP contribution in [0.25, 0.3) is 0 Å². The summed E-state index contributed by atoms with van der Waals surface area (Å²) in [5.74, 6) is 0.452. The monoisotopic (exact) mass is 501 g/mol. The molecule has 1 unspecified atom stereocenters. The highest BCUT2D eigenvalue weighted by atomic mass is 16.3. The third kappa shape index (κ3) is 24.4. The molecule has 0 saturated carbocycles. The van der Waals surface area contributed by atoms with E-state index in [1.807, 2.05) is 24.3 Å². The van der Waals surface area contributed by atoms with Crippen LogP contribution in [0.15, 0.2) is 36.9 Å². The molecule has 0 fully saturated rings. The molecule has 1 rings (SSSR count). The van der Waals surface area contributed by atoms with Crippen molar-refractivity contribution in [1.82, 2.24) is 0 Å². The lowest BCUT2D eigenvalue weighted by Gasteiger charge is -2.11. The van der Waals surface area contributed by atoms with Gasteiger partial charge in [0.25, 0.3) is 0 Å². The van der Waals surface area contributed by atoms with Gasteiger partial charge in [-0.3, -0.25) is 0 Å². The number of phenols is 1. The molecule has 1 atom stereocenters. The predicted molar refractivity (Wildman–Crippen MR) is 163 cm³/mol. The molecule has 3 N–H and O–H groups in total. The van der Waals surface area contributed by atoms with Crippen molar-refractivity contribution in [3.8, 4) is 5.75 Å². The minimum atomic E-state index is 0.447. The SMILES string of the molecule is C=CCCCCCC(N)CCCCCCCCCCC.CCCCCCCCCc1ccccc1O. The fraction of sp³-hybridized carbons (Fsp3) is 0.765. The average Bonchev–Trinajstić information content (AvgIpc) is 2.88. The molecular formula is C34H63NO. The lowest BCUT2D eigenvalue weighted by atomic mass is 10.0. The number of aromatic hydroxyl groups is 1. The number of nitrogens with two attached hydrogens (primary N) is 1. The molecule has 2 heteroatoms. The molecule has 0 heterocycles. The van der Waals surface area contributed by atoms with Gasteiger partial charge in [0, 0.05) is 6.04 Å². The first-order valence-electron chi connectivity index (χ1n) is 15.8. The van der Waals surface area contributed by atoms with E-state index in [-0.39, 0.29) is 0 Å². The summed E-state index contributed by atoms with van der Waals surface area (Å²) in [4.78, 5) is 0. The van der Waals surface area contributed by atoms with Crippen LogP contribution in [0.1, 0.15) is 161 Å². The molecule has 36 heavy (non-hydrogen) atoms. The zero-order chi connectivity index (χ0) is 26.5. The lowest BCUT2D eigenvalue weighted by Crippen LogP contribution is -2.19. The maximum absolute atomic E-state index is 9.58. The summed E-state index contributed by atoms with van der Waals surface area (Å²) in [7, 11) is 0. The van der Waals surface area contributed by atoms with Crippen molar-refractivity contribution >= 4 is 0 Å². The van der Waals surface area contributed by atoms with Crippen LogP contribution in [0.3, 0.4) is 0 Å². The summed E-state index contributed by atoms with van der Waals surface area (Å²) in [6.07, 6.45) is 32.5. The smallest absolute Gasteiger partial charge is 0.118 e. The molecule has 210 valence electrons. The molecule has 0 radical (unpaired) electrons. The Kier molecular flexibility index (Phi) is 27.3. The van der Waals surface area contributed by atoms with Gasteiger partial charge in [0.05, 0.1) is 0 Å². The molecule has 0 aliphatic heterocycles. The molecule has 1 aromatic rings. The van der Waals surface area contributed by atoms with Gasteiger partial charge in [-0.15, -0.1) is 6.58 Å². The number of hydrogen-bond donors (Lipinski definition) is 2. The molecule has 0 aliphatic rings. The maximum Gasteiger partial charge on any atom is 0.118 e. The third-order valence-corrected chi connectivity index (χ3v) is 7.20. The quantitative estimate of drug-likeness (QED) is 0.109. The number of rotatable bonds is 24. The Bertz CT molecular complexity index is 570. The zero-order valence-electron chi connectivity index (χ0n) is 24.5. The maximum atomic E-state index is 9.58. The Morgan fingerprint density at radius 3 is 1.61 bits per heavy atom. The Balaban J connectivity index is 0.000000696. The van der Waals surface area contributed by atoms with E-state index in [1.165, 1.54) is 135 Å². The number of hydrogen-bond acceptors (Lipinski definition) is 2. The van der Waals surface area contributed by atoms with Gasteiger partial charge >= 0.3 is 0 Å². The van der Waals surface area contributed by atoms with Crippen LogP contribution in [-0.4, -0.2) is 11.1 Å². The molecular weight excluding hydrogens is 438 g/mol. The summed E-state index contributed by atoms with van der Waals surface area (Å²) >= 11 is 0. The molecule has 0 amide bonds. The van der Waals surface area contributed by atoms with Gasteiger partial charge in [0.15, 0.2) is 0 Å². The van der Waals surface area contributed by atoms with Crippen LogP contribution in [0.2, 0.25) is 0 Å². The summed E-state index contributed by atoms with van der Waals surface area (Å²) in [6.45, 7) is 8.28. The van der Waals surface area contributed by atoms with Crippen molar-refractivity contribution in [1.29, 1.82) is 0 Å². The van der Waals surface area contributed by atoms with Crippen molar-refractivity contribution in [3.63, 3.8) is 0 Å². The van der Waals surface area contributed by atoms with Crippen LogP contribution in [0.5, 0.6) is 5.75 Å². The highest BCUT2D eigenvalue weighted by Gasteiger charge is 2.02. The van der Waals surface area contributed by atoms with Gasteiger partial charge in [0.2, 0.25) is 0 Å². The largest absolute Gasteiger partial charge is 0.508 e. The highest BCUT2D eigenvalue weighted by molar-refractivity contribution is 5.31. The lowest BCUT2D eigenvalue weighted by molar-refractivity contribution is 0.466. The molecule has 0 aliphatic carbocycles. The van der Waals surface area contributed by atoms with Crippen LogP contribution in [-0.2, 0) is 6.42 Å². The van der Waals surface area contributed by atoms with E-state index < -0.39 is 0 Å². The van der Waals surface area contributed by atoms with E-state index >= 15 is 0 Å². The van der Waals surface area contributed by atoms with Crippen LogP contribution < -0.4 is 5.73 Å². The van der Waals surface area contributed by atoms with Crippen molar-refractivity contribution in [3.05, 3.63) is 42.5 Å². The Labute approximate surface area is 226 Å². The molecule has 0 spiro atoms. The van der Waals surface area contributed by atoms with E-state index in [2.05, 4.69) is 20.4 Å². The van der Waals surface area contributed by atoms with Crippen LogP contribution in [0.4, 0.5) is 0 Å². The van der Waals surface area contributed by atoms with Crippen LogP contribution in [0, 0.1) is 0 Å². The Morgan fingerprint density at radius 1 is 0.667 bits per heavy atom. The zero-order valence-corrected chi connectivity index (χ0v) is 24.5. The first-order chi connectivity index (χ1) is 17.7. The van der Waals surface area contributed by atoms with Crippen molar-refractivity contribution < 1.29 is 5.11 Å². The van der Waals surface area contributed by atoms with Crippen LogP contribution >= 0.6 is 0 Å². The fourth-order valence-corrected chi connectivity index (χ4v) is 4.73. The number of benzene rings is 1. The Hall–Kier alpha value is -1.28. The number of allylic oxidation sites excluding steroid dienone is 1. The van der Waals surface area contributed by atoms with E-state index in [4.69, 9.17) is 5.73 Å². The minimum Gasteiger partial charge on any atom is -0.508 e. The topological polar surface area (TPSA) is 46.2 Å². The second-order valence-electron chi connectivity index (χ2n) is 10.8. The standard InChI is InChI=1S/C19H39N.C15H24O/c1-3-5-7-9-10-11-12-14-16-18-19(20)17-15-13-8-6-4-2;1-2-3-4-5-6-7-8-11-14-12-9-10-13-15(14)16/h4,19H,2-3,5-18,20H2,1H3;9-10,12-13,16H,2-8,11H2,1H3. The van der Waals surface area contributed by atoms with Gasteiger partial charge in [-0.05, 0) is 50.2 Å². The van der Waals surface area contributed by atoms with Gasteiger partial charge in [-0.2, -0.15) is 0 Å². The minimum absolute atomic E-state index is 0.447. The molecule has 0 saturated heterocycles. The second kappa shape index (κ2) is 28.3. The molecule has 0 bridgehead atoms.